The molecule has 0 aliphatic carbocycles. The molecule has 1 atom stereocenters. The fourth-order valence-electron chi connectivity index (χ4n) is 1.57. The smallest absolute Gasteiger partial charge is 0.265 e. The van der Waals surface area contributed by atoms with Crippen LogP contribution in [-0.2, 0) is 14.3 Å². The van der Waals surface area contributed by atoms with E-state index in [4.69, 9.17) is 13.7 Å². The Bertz CT molecular complexity index is 562. The lowest BCUT2D eigenvalue weighted by atomic mass is 10.2. The maximum atomic E-state index is 11.1. The van der Waals surface area contributed by atoms with Gasteiger partial charge in [0.1, 0.15) is 12.4 Å². The highest BCUT2D eigenvalue weighted by atomic mass is 32.2. The molecule has 1 aliphatic heterocycles. The molecule has 98 valence electrons. The van der Waals surface area contributed by atoms with Crippen LogP contribution in [0.2, 0.25) is 0 Å². The van der Waals surface area contributed by atoms with Gasteiger partial charge in [0.05, 0.1) is 6.26 Å². The first-order chi connectivity index (χ1) is 8.49. The van der Waals surface area contributed by atoms with Gasteiger partial charge in [-0.1, -0.05) is 19.1 Å². The Morgan fingerprint density at radius 1 is 1.28 bits per heavy atom. The summed E-state index contributed by atoms with van der Waals surface area (Å²) in [6.07, 6.45) is 2.17. The Balaban J connectivity index is 2.18. The summed E-state index contributed by atoms with van der Waals surface area (Å²) in [5.41, 5.74) is 0. The summed E-state index contributed by atoms with van der Waals surface area (Å²) in [6, 6.07) is 7.14. The summed E-state index contributed by atoms with van der Waals surface area (Å²) >= 11 is 0. The van der Waals surface area contributed by atoms with Gasteiger partial charge in [-0.05, 0) is 18.6 Å². The van der Waals surface area contributed by atoms with Crippen LogP contribution in [0.3, 0.4) is 0 Å². The van der Waals surface area contributed by atoms with Crippen LogP contribution in [0.4, 0.5) is 0 Å². The molecule has 1 aromatic rings. The molecule has 0 fully saturated rings. The molecule has 0 saturated heterocycles. The van der Waals surface area contributed by atoms with Crippen LogP contribution in [-0.4, -0.2) is 20.8 Å². The SMILES string of the molecule is CCC(OS(C)(=O)=O)C1=COc2ccccc2O1. The minimum absolute atomic E-state index is 0.349. The van der Waals surface area contributed by atoms with E-state index in [1.807, 2.05) is 12.1 Å². The van der Waals surface area contributed by atoms with E-state index in [0.29, 0.717) is 23.7 Å². The van der Waals surface area contributed by atoms with Crippen molar-refractivity contribution in [1.82, 2.24) is 0 Å². The topological polar surface area (TPSA) is 61.8 Å². The van der Waals surface area contributed by atoms with Crippen molar-refractivity contribution in [2.24, 2.45) is 0 Å². The largest absolute Gasteiger partial charge is 0.457 e. The van der Waals surface area contributed by atoms with Gasteiger partial charge in [-0.3, -0.25) is 4.18 Å². The summed E-state index contributed by atoms with van der Waals surface area (Å²) < 4.78 is 38.2. The molecule has 1 unspecified atom stereocenters. The van der Waals surface area contributed by atoms with E-state index >= 15 is 0 Å². The number of para-hydroxylation sites is 2. The van der Waals surface area contributed by atoms with Gasteiger partial charge < -0.3 is 9.47 Å². The quantitative estimate of drug-likeness (QED) is 0.784. The molecular weight excluding hydrogens is 256 g/mol. The molecule has 6 heteroatoms. The lowest BCUT2D eigenvalue weighted by Gasteiger charge is -2.22. The van der Waals surface area contributed by atoms with Crippen LogP contribution >= 0.6 is 0 Å². The molecule has 18 heavy (non-hydrogen) atoms. The second kappa shape index (κ2) is 4.99. The summed E-state index contributed by atoms with van der Waals surface area (Å²) in [5, 5.41) is 0. The average molecular weight is 270 g/mol. The van der Waals surface area contributed by atoms with E-state index in [1.54, 1.807) is 19.1 Å². The van der Waals surface area contributed by atoms with Crippen LogP contribution in [0.15, 0.2) is 36.3 Å². The highest BCUT2D eigenvalue weighted by Gasteiger charge is 2.24. The third-order valence-electron chi connectivity index (χ3n) is 2.36. The first-order valence-electron chi connectivity index (χ1n) is 5.51. The molecule has 1 aromatic carbocycles. The predicted octanol–water partition coefficient (Wildman–Crippen LogP) is 2.05. The fraction of sp³-hybridized carbons (Fsp3) is 0.333. The minimum atomic E-state index is -3.54. The molecular formula is C12H14O5S. The van der Waals surface area contributed by atoms with Gasteiger partial charge in [-0.15, -0.1) is 0 Å². The van der Waals surface area contributed by atoms with Gasteiger partial charge in [0.15, 0.2) is 17.3 Å². The minimum Gasteiger partial charge on any atom is -0.457 e. The van der Waals surface area contributed by atoms with Gasteiger partial charge in [-0.2, -0.15) is 8.42 Å². The van der Waals surface area contributed by atoms with Gasteiger partial charge >= 0.3 is 0 Å². The summed E-state index contributed by atoms with van der Waals surface area (Å²) in [4.78, 5) is 0. The molecule has 2 rings (SSSR count). The van der Waals surface area contributed by atoms with Crippen molar-refractivity contribution >= 4 is 10.1 Å². The zero-order chi connectivity index (χ0) is 13.2. The van der Waals surface area contributed by atoms with Crippen molar-refractivity contribution in [1.29, 1.82) is 0 Å². The van der Waals surface area contributed by atoms with Crippen LogP contribution < -0.4 is 9.47 Å². The van der Waals surface area contributed by atoms with Crippen molar-refractivity contribution in [3.05, 3.63) is 36.3 Å². The summed E-state index contributed by atoms with van der Waals surface area (Å²) in [5.74, 6) is 1.49. The van der Waals surface area contributed by atoms with E-state index in [9.17, 15) is 8.42 Å². The number of fused-ring (bicyclic) bond motifs is 1. The van der Waals surface area contributed by atoms with Crippen molar-refractivity contribution in [2.75, 3.05) is 6.26 Å². The molecule has 1 aliphatic rings. The summed E-state index contributed by atoms with van der Waals surface area (Å²) in [7, 11) is -3.54. The van der Waals surface area contributed by atoms with Crippen LogP contribution in [0.25, 0.3) is 0 Å². The predicted molar refractivity (Wildman–Crippen MR) is 65.8 cm³/mol. The Hall–Kier alpha value is -1.53. The van der Waals surface area contributed by atoms with Crippen molar-refractivity contribution < 1.29 is 22.1 Å². The normalized spacial score (nSPS) is 16.0. The zero-order valence-electron chi connectivity index (χ0n) is 10.1. The first kappa shape index (κ1) is 12.9. The monoisotopic (exact) mass is 270 g/mol. The molecule has 0 saturated carbocycles. The van der Waals surface area contributed by atoms with Crippen LogP contribution in [0.1, 0.15) is 13.3 Å². The van der Waals surface area contributed by atoms with Crippen LogP contribution in [0, 0.1) is 0 Å². The number of rotatable bonds is 4. The van der Waals surface area contributed by atoms with E-state index in [2.05, 4.69) is 0 Å². The molecule has 0 N–H and O–H groups in total. The highest BCUT2D eigenvalue weighted by molar-refractivity contribution is 7.86. The van der Waals surface area contributed by atoms with Gasteiger partial charge in [-0.25, -0.2) is 0 Å². The maximum absolute atomic E-state index is 11.1. The Labute approximate surface area is 106 Å². The van der Waals surface area contributed by atoms with Gasteiger partial charge in [0.2, 0.25) is 0 Å². The van der Waals surface area contributed by atoms with E-state index in [1.165, 1.54) is 6.26 Å². The van der Waals surface area contributed by atoms with Crippen LogP contribution in [0.5, 0.6) is 11.5 Å². The summed E-state index contributed by atoms with van der Waals surface area (Å²) in [6.45, 7) is 1.81. The first-order valence-corrected chi connectivity index (χ1v) is 7.33. The van der Waals surface area contributed by atoms with E-state index in [-0.39, 0.29) is 0 Å². The van der Waals surface area contributed by atoms with Gasteiger partial charge in [0.25, 0.3) is 10.1 Å². The van der Waals surface area contributed by atoms with E-state index < -0.39 is 16.2 Å². The fourth-order valence-corrected chi connectivity index (χ4v) is 2.23. The molecule has 0 spiro atoms. The number of hydrogen-bond donors (Lipinski definition) is 0. The van der Waals surface area contributed by atoms with Gasteiger partial charge in [0, 0.05) is 0 Å². The molecule has 0 aromatic heterocycles. The number of hydrogen-bond acceptors (Lipinski definition) is 5. The molecule has 0 bridgehead atoms. The molecule has 5 nitrogen and oxygen atoms in total. The average Bonchev–Trinajstić information content (AvgIpc) is 2.34. The lowest BCUT2D eigenvalue weighted by Crippen LogP contribution is -2.24. The zero-order valence-corrected chi connectivity index (χ0v) is 10.9. The highest BCUT2D eigenvalue weighted by Crippen LogP contribution is 2.33. The van der Waals surface area contributed by atoms with E-state index in [0.717, 1.165) is 6.26 Å². The number of ether oxygens (including phenoxy) is 2. The Morgan fingerprint density at radius 3 is 2.56 bits per heavy atom. The molecule has 1 heterocycles. The second-order valence-corrected chi connectivity index (χ2v) is 5.48. The third kappa shape index (κ3) is 3.02. The Morgan fingerprint density at radius 2 is 1.94 bits per heavy atom. The van der Waals surface area contributed by atoms with Crippen molar-refractivity contribution in [3.8, 4) is 11.5 Å². The lowest BCUT2D eigenvalue weighted by molar-refractivity contribution is 0.170. The van der Waals surface area contributed by atoms with Crippen molar-refractivity contribution in [3.63, 3.8) is 0 Å². The maximum Gasteiger partial charge on any atom is 0.265 e. The number of benzene rings is 1. The Kier molecular flexibility index (Phi) is 3.58. The molecule has 0 radical (unpaired) electrons. The second-order valence-electron chi connectivity index (χ2n) is 3.88. The standard InChI is InChI=1S/C12H14O5S/c1-3-9(17-18(2,13)14)12-8-15-10-6-4-5-7-11(10)16-12/h4-9H,3H2,1-2H3. The van der Waals surface area contributed by atoms with Crippen molar-refractivity contribution in [2.45, 2.75) is 19.4 Å². The third-order valence-corrected chi connectivity index (χ3v) is 2.94. The molecule has 0 amide bonds.